The van der Waals surface area contributed by atoms with Gasteiger partial charge in [-0.15, -0.1) is 0 Å². The Labute approximate surface area is 189 Å². The van der Waals surface area contributed by atoms with Crippen molar-refractivity contribution >= 4 is 30.8 Å². The number of hydrogen-bond donors (Lipinski definition) is 1. The third-order valence-corrected chi connectivity index (χ3v) is 5.55. The lowest BCUT2D eigenvalue weighted by atomic mass is 10.2. The van der Waals surface area contributed by atoms with Crippen LogP contribution >= 0.6 is 7.82 Å². The largest absolute Gasteiger partial charge is 0.756 e. The van der Waals surface area contributed by atoms with E-state index in [1.165, 1.54) is 0 Å². The van der Waals surface area contributed by atoms with Crippen LogP contribution in [-0.4, -0.2) is 40.3 Å². The van der Waals surface area contributed by atoms with E-state index in [0.717, 1.165) is 37.7 Å². The summed E-state index contributed by atoms with van der Waals surface area (Å²) < 4.78 is 19.9. The smallest absolute Gasteiger partial charge is 0.267 e. The summed E-state index contributed by atoms with van der Waals surface area (Å²) in [6.45, 7) is 0.647. The molecule has 0 fully saturated rings. The van der Waals surface area contributed by atoms with Crippen molar-refractivity contribution in [1.29, 1.82) is 0 Å². The number of nitrogens with zero attached hydrogens (tertiary/aromatic N) is 3. The van der Waals surface area contributed by atoms with Crippen molar-refractivity contribution in [3.8, 4) is 0 Å². The average molecular weight is 461 g/mol. The summed E-state index contributed by atoms with van der Waals surface area (Å²) in [5.74, 6) is -0.150. The predicted octanol–water partition coefficient (Wildman–Crippen LogP) is 4.59. The molecule has 0 saturated heterocycles. The number of azo groups is 1. The minimum Gasteiger partial charge on any atom is -0.756 e. The molecule has 174 valence electrons. The molecule has 2 aromatic carbocycles. The van der Waals surface area contributed by atoms with Crippen LogP contribution in [0.3, 0.4) is 0 Å². The molecule has 1 N–H and O–H groups in total. The number of nitrogens with one attached hydrogen (secondary N) is 1. The van der Waals surface area contributed by atoms with E-state index in [1.54, 1.807) is 24.3 Å². The molecule has 0 aromatic heterocycles. The molecule has 0 aliphatic rings. The number of hydrogen-bond acceptors (Lipinski definition) is 8. The molecular weight excluding hydrogens is 431 g/mol. The van der Waals surface area contributed by atoms with Crippen LogP contribution in [-0.2, 0) is 13.6 Å². The molecule has 1 atom stereocenters. The lowest BCUT2D eigenvalue weighted by Gasteiger charge is -2.19. The first-order valence-electron chi connectivity index (χ1n) is 10.4. The van der Waals surface area contributed by atoms with Gasteiger partial charge in [-0.1, -0.05) is 12.8 Å². The van der Waals surface area contributed by atoms with Crippen LogP contribution in [0.1, 0.15) is 36.0 Å². The van der Waals surface area contributed by atoms with Crippen molar-refractivity contribution in [2.24, 2.45) is 10.2 Å². The molecular formula is C22H30N4O5P-. The average Bonchev–Trinajstić information content (AvgIpc) is 2.79. The van der Waals surface area contributed by atoms with Crippen LogP contribution in [0.4, 0.5) is 17.1 Å². The SMILES string of the molecule is COP(=O)([O-])OCCCCCCNC(=O)c1ccc(N=Nc2ccc(N(C)C)cc2)cc1. The number of benzene rings is 2. The van der Waals surface area contributed by atoms with Crippen LogP contribution in [0, 0.1) is 0 Å². The zero-order valence-electron chi connectivity index (χ0n) is 18.7. The van der Waals surface area contributed by atoms with Crippen LogP contribution in [0.5, 0.6) is 0 Å². The van der Waals surface area contributed by atoms with Crippen molar-refractivity contribution in [3.05, 3.63) is 54.1 Å². The number of phosphoric acid groups is 1. The molecule has 1 amide bonds. The van der Waals surface area contributed by atoms with Crippen molar-refractivity contribution in [1.82, 2.24) is 5.32 Å². The monoisotopic (exact) mass is 461 g/mol. The van der Waals surface area contributed by atoms with Crippen LogP contribution in [0.2, 0.25) is 0 Å². The standard InChI is InChI=1S/C22H31N4O5P/c1-26(2)21-14-12-20(13-15-21)25-24-19-10-8-18(9-11-19)22(27)23-16-6-4-5-7-17-31-32(28,29)30-3/h8-15H,4-7,16-17H2,1-3H3,(H,23,27)(H,28,29)/p-1. The highest BCUT2D eigenvalue weighted by molar-refractivity contribution is 7.45. The van der Waals surface area contributed by atoms with E-state index in [-0.39, 0.29) is 12.5 Å². The van der Waals surface area contributed by atoms with Crippen LogP contribution < -0.4 is 15.1 Å². The van der Waals surface area contributed by atoms with E-state index in [9.17, 15) is 14.3 Å². The van der Waals surface area contributed by atoms with Gasteiger partial charge in [0.05, 0.1) is 18.0 Å². The maximum Gasteiger partial charge on any atom is 0.267 e. The summed E-state index contributed by atoms with van der Waals surface area (Å²) in [6.07, 6.45) is 3.06. The highest BCUT2D eigenvalue weighted by Crippen LogP contribution is 2.36. The van der Waals surface area contributed by atoms with E-state index in [4.69, 9.17) is 0 Å². The van der Waals surface area contributed by atoms with Gasteiger partial charge in [0.1, 0.15) is 0 Å². The summed E-state index contributed by atoms with van der Waals surface area (Å²) in [5.41, 5.74) is 3.06. The van der Waals surface area contributed by atoms with Gasteiger partial charge in [0.15, 0.2) is 0 Å². The first-order chi connectivity index (χ1) is 15.3. The van der Waals surface area contributed by atoms with Crippen molar-refractivity contribution in [2.45, 2.75) is 25.7 Å². The molecule has 0 heterocycles. The summed E-state index contributed by atoms with van der Waals surface area (Å²) in [7, 11) is 0.893. The molecule has 2 aromatic rings. The summed E-state index contributed by atoms with van der Waals surface area (Å²) in [6, 6.07) is 14.7. The number of carbonyl (C=O) groups is 1. The fourth-order valence-electron chi connectivity index (χ4n) is 2.73. The third kappa shape index (κ3) is 9.28. The Hall–Kier alpha value is -2.58. The molecule has 0 saturated carbocycles. The topological polar surface area (TPSA) is 116 Å². The molecule has 9 nitrogen and oxygen atoms in total. The second kappa shape index (κ2) is 13.1. The fraction of sp³-hybridized carbons (Fsp3) is 0.409. The van der Waals surface area contributed by atoms with Gasteiger partial charge in [-0.05, 0) is 61.4 Å². The number of anilines is 1. The molecule has 2 rings (SSSR count). The van der Waals surface area contributed by atoms with Gasteiger partial charge in [0.25, 0.3) is 13.7 Å². The Bertz CT molecular complexity index is 917. The molecule has 32 heavy (non-hydrogen) atoms. The molecule has 0 radical (unpaired) electrons. The minimum atomic E-state index is -4.13. The highest BCUT2D eigenvalue weighted by atomic mass is 31.2. The van der Waals surface area contributed by atoms with E-state index >= 15 is 0 Å². The zero-order chi connectivity index (χ0) is 23.4. The second-order valence-corrected chi connectivity index (χ2v) is 8.81. The Morgan fingerprint density at radius 3 is 2.09 bits per heavy atom. The third-order valence-electron chi connectivity index (χ3n) is 4.61. The van der Waals surface area contributed by atoms with Crippen molar-refractivity contribution in [2.75, 3.05) is 39.3 Å². The van der Waals surface area contributed by atoms with Crippen molar-refractivity contribution < 1.29 is 23.3 Å². The van der Waals surface area contributed by atoms with E-state index in [1.807, 2.05) is 43.3 Å². The summed E-state index contributed by atoms with van der Waals surface area (Å²) >= 11 is 0. The van der Waals surface area contributed by atoms with Gasteiger partial charge < -0.3 is 24.2 Å². The van der Waals surface area contributed by atoms with Gasteiger partial charge in [0, 0.05) is 39.0 Å². The number of rotatable bonds is 13. The van der Waals surface area contributed by atoms with Crippen molar-refractivity contribution in [3.63, 3.8) is 0 Å². The second-order valence-electron chi connectivity index (χ2n) is 7.29. The number of amides is 1. The van der Waals surface area contributed by atoms with E-state index in [2.05, 4.69) is 24.6 Å². The fourth-order valence-corrected chi connectivity index (χ4v) is 3.18. The maximum absolute atomic E-state index is 12.2. The summed E-state index contributed by atoms with van der Waals surface area (Å²) in [4.78, 5) is 25.3. The minimum absolute atomic E-state index is 0.103. The first kappa shape index (κ1) is 25.7. The Kier molecular flexibility index (Phi) is 10.5. The number of phosphoric ester groups is 1. The molecule has 0 spiro atoms. The molecule has 0 bridgehead atoms. The van der Waals surface area contributed by atoms with E-state index in [0.29, 0.717) is 24.2 Å². The predicted molar refractivity (Wildman–Crippen MR) is 123 cm³/mol. The molecule has 10 heteroatoms. The number of carbonyl (C=O) groups excluding carboxylic acids is 1. The Balaban J connectivity index is 1.68. The lowest BCUT2D eigenvalue weighted by molar-refractivity contribution is -0.223. The van der Waals surface area contributed by atoms with Gasteiger partial charge in [0.2, 0.25) is 0 Å². The van der Waals surface area contributed by atoms with Crippen LogP contribution in [0.25, 0.3) is 0 Å². The Morgan fingerprint density at radius 2 is 1.53 bits per heavy atom. The first-order valence-corrected chi connectivity index (χ1v) is 11.9. The number of unbranched alkanes of at least 4 members (excludes halogenated alkanes) is 3. The molecule has 0 aliphatic heterocycles. The zero-order valence-corrected chi connectivity index (χ0v) is 19.6. The maximum atomic E-state index is 12.2. The molecule has 1 unspecified atom stereocenters. The Morgan fingerprint density at radius 1 is 0.969 bits per heavy atom. The van der Waals surface area contributed by atoms with Crippen LogP contribution in [0.15, 0.2) is 58.8 Å². The highest BCUT2D eigenvalue weighted by Gasteiger charge is 2.06. The van der Waals surface area contributed by atoms with Gasteiger partial charge in [-0.25, -0.2) is 0 Å². The van der Waals surface area contributed by atoms with Gasteiger partial charge in [-0.2, -0.15) is 10.2 Å². The van der Waals surface area contributed by atoms with Gasteiger partial charge in [-0.3, -0.25) is 9.36 Å². The van der Waals surface area contributed by atoms with E-state index < -0.39 is 7.82 Å². The molecule has 0 aliphatic carbocycles. The quantitative estimate of drug-likeness (QED) is 0.265. The normalized spacial score (nSPS) is 13.1. The summed E-state index contributed by atoms with van der Waals surface area (Å²) in [5, 5.41) is 11.3. The van der Waals surface area contributed by atoms with Gasteiger partial charge >= 0.3 is 0 Å². The lowest BCUT2D eigenvalue weighted by Crippen LogP contribution is -2.24.